The van der Waals surface area contributed by atoms with Crippen molar-refractivity contribution in [2.45, 2.75) is 6.18 Å². The molecule has 0 amide bonds. The Labute approximate surface area is 65.5 Å². The number of halogens is 3. The van der Waals surface area contributed by atoms with E-state index in [1.165, 1.54) is 6.07 Å². The summed E-state index contributed by atoms with van der Waals surface area (Å²) < 4.78 is 36.0. The number of alkyl halides is 3. The van der Waals surface area contributed by atoms with Gasteiger partial charge in [-0.3, -0.25) is 0 Å². The summed E-state index contributed by atoms with van der Waals surface area (Å²) in [5, 5.41) is 8.24. The van der Waals surface area contributed by atoms with E-state index >= 15 is 0 Å². The van der Waals surface area contributed by atoms with Gasteiger partial charge in [0.1, 0.15) is 18.0 Å². The zero-order valence-electron chi connectivity index (χ0n) is 5.63. The van der Waals surface area contributed by atoms with Gasteiger partial charge < -0.3 is 0 Å². The Morgan fingerprint density at radius 3 is 2.50 bits per heavy atom. The molecule has 0 aliphatic heterocycles. The van der Waals surface area contributed by atoms with Gasteiger partial charge in [0.05, 0.1) is 0 Å². The van der Waals surface area contributed by atoms with Crippen LogP contribution in [0, 0.1) is 11.3 Å². The molecule has 0 fully saturated rings. The van der Waals surface area contributed by atoms with E-state index in [0.29, 0.717) is 6.20 Å². The Hall–Kier alpha value is -1.64. The van der Waals surface area contributed by atoms with Gasteiger partial charge in [0.2, 0.25) is 0 Å². The van der Waals surface area contributed by atoms with Gasteiger partial charge in [-0.05, 0) is 0 Å². The summed E-state index contributed by atoms with van der Waals surface area (Å²) in [6.45, 7) is 0. The number of aromatic nitrogens is 2. The lowest BCUT2D eigenvalue weighted by Crippen LogP contribution is -2.09. The number of rotatable bonds is 0. The molecule has 0 radical (unpaired) electrons. The molecule has 0 unspecified atom stereocenters. The molecule has 0 aliphatic carbocycles. The van der Waals surface area contributed by atoms with Crippen LogP contribution in [0.4, 0.5) is 13.2 Å². The molecule has 0 bridgehead atoms. The minimum absolute atomic E-state index is 0.575. The number of hydrogen-bond donors (Lipinski definition) is 0. The summed E-state index contributed by atoms with van der Waals surface area (Å²) in [5.74, 6) is 0. The van der Waals surface area contributed by atoms with Crippen LogP contribution in [0.1, 0.15) is 11.3 Å². The Morgan fingerprint density at radius 1 is 1.42 bits per heavy atom. The van der Waals surface area contributed by atoms with Gasteiger partial charge in [0.15, 0.2) is 5.69 Å². The lowest BCUT2D eigenvalue weighted by atomic mass is 10.2. The first-order valence-corrected chi connectivity index (χ1v) is 2.83. The summed E-state index contributed by atoms with van der Waals surface area (Å²) in [4.78, 5) is 6.35. The predicted molar refractivity (Wildman–Crippen MR) is 31.7 cm³/mol. The normalized spacial score (nSPS) is 10.8. The van der Waals surface area contributed by atoms with Gasteiger partial charge in [-0.15, -0.1) is 0 Å². The van der Waals surface area contributed by atoms with Crippen LogP contribution in [-0.4, -0.2) is 9.97 Å². The van der Waals surface area contributed by atoms with Crippen molar-refractivity contribution < 1.29 is 13.2 Å². The van der Waals surface area contributed by atoms with Crippen LogP contribution >= 0.6 is 0 Å². The van der Waals surface area contributed by atoms with E-state index in [1.807, 2.05) is 0 Å². The lowest BCUT2D eigenvalue weighted by Gasteiger charge is -2.05. The van der Waals surface area contributed by atoms with E-state index in [9.17, 15) is 13.2 Å². The van der Waals surface area contributed by atoms with Crippen molar-refractivity contribution in [3.63, 3.8) is 0 Å². The molecule has 0 spiro atoms. The summed E-state index contributed by atoms with van der Waals surface area (Å²) in [6.07, 6.45) is -3.09. The minimum Gasteiger partial charge on any atom is -0.244 e. The summed E-state index contributed by atoms with van der Waals surface area (Å²) in [6, 6.07) is 1.33. The van der Waals surface area contributed by atoms with E-state index < -0.39 is 17.4 Å². The third-order valence-electron chi connectivity index (χ3n) is 1.12. The average Bonchev–Trinajstić information content (AvgIpc) is 2.03. The van der Waals surface area contributed by atoms with Gasteiger partial charge in [-0.2, -0.15) is 18.4 Å². The molecule has 0 aliphatic rings. The lowest BCUT2D eigenvalue weighted by molar-refractivity contribution is -0.138. The molecule has 1 rings (SSSR count). The van der Waals surface area contributed by atoms with Crippen molar-refractivity contribution in [3.8, 4) is 6.07 Å². The van der Waals surface area contributed by atoms with Crippen molar-refractivity contribution in [2.24, 2.45) is 0 Å². The Bertz CT molecular complexity index is 326. The van der Waals surface area contributed by atoms with E-state index in [0.717, 1.165) is 6.33 Å². The fraction of sp³-hybridized carbons (Fsp3) is 0.167. The Kier molecular flexibility index (Phi) is 1.95. The van der Waals surface area contributed by atoms with Crippen LogP contribution in [0.15, 0.2) is 12.5 Å². The van der Waals surface area contributed by atoms with Crippen LogP contribution in [0.5, 0.6) is 0 Å². The molecule has 1 aromatic heterocycles. The second-order valence-electron chi connectivity index (χ2n) is 1.89. The second kappa shape index (κ2) is 2.77. The minimum atomic E-state index is -4.56. The first kappa shape index (κ1) is 8.46. The monoisotopic (exact) mass is 173 g/mol. The van der Waals surface area contributed by atoms with Crippen molar-refractivity contribution in [3.05, 3.63) is 23.8 Å². The highest BCUT2D eigenvalue weighted by atomic mass is 19.4. The zero-order valence-corrected chi connectivity index (χ0v) is 5.63. The van der Waals surface area contributed by atoms with E-state index in [1.54, 1.807) is 0 Å². The van der Waals surface area contributed by atoms with Crippen LogP contribution in [0.3, 0.4) is 0 Å². The number of hydrogen-bond acceptors (Lipinski definition) is 3. The van der Waals surface area contributed by atoms with Crippen molar-refractivity contribution in [1.29, 1.82) is 5.26 Å². The number of nitriles is 1. The molecule has 0 saturated carbocycles. The fourth-order valence-corrected chi connectivity index (χ4v) is 0.626. The molecule has 6 heteroatoms. The van der Waals surface area contributed by atoms with E-state index in [4.69, 9.17) is 5.26 Å². The highest BCUT2D eigenvalue weighted by molar-refractivity contribution is 5.30. The van der Waals surface area contributed by atoms with Crippen LogP contribution in [0.25, 0.3) is 0 Å². The maximum atomic E-state index is 12.0. The number of nitrogens with zero attached hydrogens (tertiary/aromatic N) is 3. The largest absolute Gasteiger partial charge is 0.420 e. The topological polar surface area (TPSA) is 49.6 Å². The SMILES string of the molecule is N#Cc1ncncc1C(F)(F)F. The Morgan fingerprint density at radius 2 is 2.08 bits per heavy atom. The van der Waals surface area contributed by atoms with Gasteiger partial charge in [0.25, 0.3) is 0 Å². The van der Waals surface area contributed by atoms with Crippen molar-refractivity contribution >= 4 is 0 Å². The van der Waals surface area contributed by atoms with Gasteiger partial charge in [-0.25, -0.2) is 9.97 Å². The zero-order chi connectivity index (χ0) is 9.19. The van der Waals surface area contributed by atoms with Gasteiger partial charge in [0, 0.05) is 6.20 Å². The summed E-state index contributed by atoms with van der Waals surface area (Å²) >= 11 is 0. The highest BCUT2D eigenvalue weighted by Gasteiger charge is 2.34. The van der Waals surface area contributed by atoms with Gasteiger partial charge in [-0.1, -0.05) is 0 Å². The second-order valence-corrected chi connectivity index (χ2v) is 1.89. The molecule has 3 nitrogen and oxygen atoms in total. The molecule has 62 valence electrons. The Balaban J connectivity index is 3.26. The average molecular weight is 173 g/mol. The van der Waals surface area contributed by atoms with Gasteiger partial charge >= 0.3 is 6.18 Å². The standard InChI is InChI=1S/C6H2F3N3/c7-6(8,9)4-2-11-3-12-5(4)1-10/h2-3H. The predicted octanol–water partition coefficient (Wildman–Crippen LogP) is 1.37. The molecule has 12 heavy (non-hydrogen) atoms. The molecule has 1 heterocycles. The summed E-state index contributed by atoms with van der Waals surface area (Å²) in [7, 11) is 0. The fourth-order valence-electron chi connectivity index (χ4n) is 0.626. The quantitative estimate of drug-likeness (QED) is 0.595. The van der Waals surface area contributed by atoms with Crippen LogP contribution in [0.2, 0.25) is 0 Å². The summed E-state index contributed by atoms with van der Waals surface area (Å²) in [5.41, 5.74) is -1.76. The highest BCUT2D eigenvalue weighted by Crippen LogP contribution is 2.29. The first-order chi connectivity index (χ1) is 5.55. The molecular weight excluding hydrogens is 171 g/mol. The molecule has 0 aromatic carbocycles. The molecular formula is C6H2F3N3. The molecule has 1 aromatic rings. The molecule has 0 atom stereocenters. The first-order valence-electron chi connectivity index (χ1n) is 2.83. The smallest absolute Gasteiger partial charge is 0.244 e. The van der Waals surface area contributed by atoms with Crippen molar-refractivity contribution in [1.82, 2.24) is 9.97 Å². The van der Waals surface area contributed by atoms with Crippen LogP contribution < -0.4 is 0 Å². The van der Waals surface area contributed by atoms with E-state index in [-0.39, 0.29) is 0 Å². The van der Waals surface area contributed by atoms with E-state index in [2.05, 4.69) is 9.97 Å². The van der Waals surface area contributed by atoms with Crippen LogP contribution in [-0.2, 0) is 6.18 Å². The molecule has 0 saturated heterocycles. The molecule has 0 N–H and O–H groups in total. The maximum Gasteiger partial charge on any atom is 0.420 e. The van der Waals surface area contributed by atoms with Crippen molar-refractivity contribution in [2.75, 3.05) is 0 Å². The maximum absolute atomic E-state index is 12.0. The third kappa shape index (κ3) is 1.50. The third-order valence-corrected chi connectivity index (χ3v) is 1.12.